The molecule has 17 heavy (non-hydrogen) atoms. The lowest BCUT2D eigenvalue weighted by molar-refractivity contribution is -0.236. The van der Waals surface area contributed by atoms with E-state index in [9.17, 15) is 9.59 Å². The third-order valence-corrected chi connectivity index (χ3v) is 3.99. The normalized spacial score (nSPS) is 35.3. The van der Waals surface area contributed by atoms with Crippen molar-refractivity contribution < 1.29 is 19.2 Å². The van der Waals surface area contributed by atoms with E-state index < -0.39 is 11.8 Å². The highest BCUT2D eigenvalue weighted by atomic mass is 16.8. The highest BCUT2D eigenvalue weighted by molar-refractivity contribution is 6.11. The quantitative estimate of drug-likeness (QED) is 0.543. The van der Waals surface area contributed by atoms with Gasteiger partial charge in [0.15, 0.2) is 6.79 Å². The lowest BCUT2D eigenvalue weighted by atomic mass is 9.97. The Bertz CT molecular complexity index is 364. The summed E-state index contributed by atoms with van der Waals surface area (Å²) < 4.78 is 5.74. The summed E-state index contributed by atoms with van der Waals surface area (Å²) in [6.45, 7) is -0.0219. The van der Waals surface area contributed by atoms with Crippen LogP contribution in [0.2, 0.25) is 0 Å². The number of hydrogen-bond donors (Lipinski definition) is 0. The predicted octanol–water partition coefficient (Wildman–Crippen LogP) is 1.15. The molecule has 0 unspecified atom stereocenters. The molecule has 2 amide bonds. The summed E-state index contributed by atoms with van der Waals surface area (Å²) in [7, 11) is 0. The van der Waals surface area contributed by atoms with Crippen molar-refractivity contribution in [2.24, 2.45) is 5.92 Å². The molecule has 2 fully saturated rings. The van der Waals surface area contributed by atoms with Gasteiger partial charge in [-0.15, -0.1) is 5.06 Å². The number of carbonyl (C=O) groups excluding carboxylic acids is 2. The van der Waals surface area contributed by atoms with E-state index in [-0.39, 0.29) is 12.4 Å². The van der Waals surface area contributed by atoms with Crippen LogP contribution in [0.5, 0.6) is 0 Å². The molecule has 2 bridgehead atoms. The van der Waals surface area contributed by atoms with Crippen molar-refractivity contribution in [1.82, 2.24) is 5.06 Å². The van der Waals surface area contributed by atoms with Crippen molar-refractivity contribution in [1.29, 1.82) is 0 Å². The Balaban J connectivity index is 1.49. The van der Waals surface area contributed by atoms with Gasteiger partial charge in [-0.1, -0.05) is 0 Å². The van der Waals surface area contributed by atoms with Crippen LogP contribution in [0.15, 0.2) is 12.2 Å². The summed E-state index contributed by atoms with van der Waals surface area (Å²) in [5, 5.41) is 0.748. The molecule has 92 valence electrons. The van der Waals surface area contributed by atoms with Crippen LogP contribution in [0.4, 0.5) is 0 Å². The SMILES string of the molecule is O=C1C=CC(=O)N1OCOC12CCC(CC1)C2. The Morgan fingerprint density at radius 3 is 2.41 bits per heavy atom. The molecule has 0 radical (unpaired) electrons. The Hall–Kier alpha value is -1.20. The molecular weight excluding hydrogens is 222 g/mol. The van der Waals surface area contributed by atoms with Gasteiger partial charge in [0.2, 0.25) is 0 Å². The van der Waals surface area contributed by atoms with Crippen LogP contribution in [-0.4, -0.2) is 29.3 Å². The summed E-state index contributed by atoms with van der Waals surface area (Å²) in [5.41, 5.74) is -0.0517. The van der Waals surface area contributed by atoms with Gasteiger partial charge in [-0.2, -0.15) is 0 Å². The molecule has 0 aromatic rings. The minimum atomic E-state index is -0.438. The van der Waals surface area contributed by atoms with Crippen molar-refractivity contribution in [2.75, 3.05) is 6.79 Å². The molecule has 0 spiro atoms. The maximum absolute atomic E-state index is 11.2. The average Bonchev–Trinajstić information content (AvgIpc) is 2.98. The summed E-state index contributed by atoms with van der Waals surface area (Å²) in [4.78, 5) is 27.5. The molecular formula is C12H15NO4. The Labute approximate surface area is 99.3 Å². The number of carbonyl (C=O) groups is 2. The maximum Gasteiger partial charge on any atom is 0.278 e. The molecule has 2 saturated carbocycles. The van der Waals surface area contributed by atoms with E-state index in [1.807, 2.05) is 0 Å². The third-order valence-electron chi connectivity index (χ3n) is 3.99. The molecule has 3 rings (SSSR count). The minimum Gasteiger partial charge on any atom is -0.346 e. The fraction of sp³-hybridized carbons (Fsp3) is 0.667. The van der Waals surface area contributed by atoms with Gasteiger partial charge >= 0.3 is 0 Å². The largest absolute Gasteiger partial charge is 0.346 e. The van der Waals surface area contributed by atoms with E-state index in [0.29, 0.717) is 0 Å². The first-order chi connectivity index (χ1) is 8.19. The number of hydrogen-bond acceptors (Lipinski definition) is 4. The molecule has 1 heterocycles. The summed E-state index contributed by atoms with van der Waals surface area (Å²) >= 11 is 0. The lowest BCUT2D eigenvalue weighted by Gasteiger charge is -2.27. The summed E-state index contributed by atoms with van der Waals surface area (Å²) in [6.07, 6.45) is 8.08. The summed E-state index contributed by atoms with van der Waals surface area (Å²) in [6, 6.07) is 0. The topological polar surface area (TPSA) is 55.8 Å². The molecule has 5 heteroatoms. The van der Waals surface area contributed by atoms with Gasteiger partial charge in [-0.05, 0) is 38.0 Å². The van der Waals surface area contributed by atoms with Gasteiger partial charge < -0.3 is 4.74 Å². The van der Waals surface area contributed by atoms with E-state index in [0.717, 1.165) is 30.2 Å². The van der Waals surface area contributed by atoms with Gasteiger partial charge in [-0.3, -0.25) is 9.59 Å². The number of fused-ring (bicyclic) bond motifs is 2. The second-order valence-electron chi connectivity index (χ2n) is 5.03. The van der Waals surface area contributed by atoms with Crippen LogP contribution in [0.1, 0.15) is 32.1 Å². The van der Waals surface area contributed by atoms with Crippen LogP contribution in [-0.2, 0) is 19.2 Å². The van der Waals surface area contributed by atoms with Crippen LogP contribution < -0.4 is 0 Å². The predicted molar refractivity (Wildman–Crippen MR) is 57.3 cm³/mol. The average molecular weight is 237 g/mol. The van der Waals surface area contributed by atoms with E-state index in [2.05, 4.69) is 0 Å². The van der Waals surface area contributed by atoms with Gasteiger partial charge in [0.25, 0.3) is 11.8 Å². The number of amides is 2. The highest BCUT2D eigenvalue weighted by Crippen LogP contribution is 2.49. The molecule has 0 N–H and O–H groups in total. The van der Waals surface area contributed by atoms with Crippen LogP contribution >= 0.6 is 0 Å². The van der Waals surface area contributed by atoms with Crippen molar-refractivity contribution >= 4 is 11.8 Å². The molecule has 1 aliphatic heterocycles. The van der Waals surface area contributed by atoms with Crippen LogP contribution in [0.3, 0.4) is 0 Å². The maximum atomic E-state index is 11.2. The molecule has 0 aromatic carbocycles. The number of imide groups is 1. The molecule has 0 saturated heterocycles. The molecule has 2 aliphatic carbocycles. The van der Waals surface area contributed by atoms with E-state index in [4.69, 9.17) is 9.57 Å². The standard InChI is InChI=1S/C12H15NO4/c14-10-1-2-11(15)13(10)17-8-16-12-5-3-9(7-12)4-6-12/h1-2,9H,3-8H2. The van der Waals surface area contributed by atoms with Crippen LogP contribution in [0, 0.1) is 5.92 Å². The highest BCUT2D eigenvalue weighted by Gasteiger charge is 2.46. The van der Waals surface area contributed by atoms with E-state index >= 15 is 0 Å². The fourth-order valence-electron chi connectivity index (χ4n) is 3.06. The van der Waals surface area contributed by atoms with Crippen LogP contribution in [0.25, 0.3) is 0 Å². The van der Waals surface area contributed by atoms with E-state index in [1.165, 1.54) is 25.0 Å². The monoisotopic (exact) mass is 237 g/mol. The lowest BCUT2D eigenvalue weighted by Crippen LogP contribution is -2.34. The smallest absolute Gasteiger partial charge is 0.278 e. The number of ether oxygens (including phenoxy) is 1. The number of rotatable bonds is 4. The second kappa shape index (κ2) is 3.92. The molecule has 0 aromatic heterocycles. The van der Waals surface area contributed by atoms with Gasteiger partial charge in [0.1, 0.15) is 0 Å². The molecule has 5 nitrogen and oxygen atoms in total. The summed E-state index contributed by atoms with van der Waals surface area (Å²) in [5.74, 6) is -0.0784. The second-order valence-corrected chi connectivity index (χ2v) is 5.03. The van der Waals surface area contributed by atoms with Crippen molar-refractivity contribution in [3.8, 4) is 0 Å². The zero-order chi connectivity index (χ0) is 11.9. The Kier molecular flexibility index (Phi) is 2.52. The van der Waals surface area contributed by atoms with Crippen molar-refractivity contribution in [2.45, 2.75) is 37.7 Å². The van der Waals surface area contributed by atoms with Gasteiger partial charge in [0, 0.05) is 12.2 Å². The Morgan fingerprint density at radius 1 is 1.24 bits per heavy atom. The van der Waals surface area contributed by atoms with Gasteiger partial charge in [-0.25, -0.2) is 4.84 Å². The van der Waals surface area contributed by atoms with Crippen molar-refractivity contribution in [3.05, 3.63) is 12.2 Å². The molecule has 0 atom stereocenters. The number of nitrogens with zero attached hydrogens (tertiary/aromatic N) is 1. The first-order valence-electron chi connectivity index (χ1n) is 6.02. The first kappa shape index (κ1) is 10.9. The minimum absolute atomic E-state index is 0.0219. The zero-order valence-electron chi connectivity index (χ0n) is 9.55. The van der Waals surface area contributed by atoms with Crippen molar-refractivity contribution in [3.63, 3.8) is 0 Å². The molecule has 3 aliphatic rings. The number of hydroxylamine groups is 2. The fourth-order valence-corrected chi connectivity index (χ4v) is 3.06. The zero-order valence-corrected chi connectivity index (χ0v) is 9.55. The van der Waals surface area contributed by atoms with Gasteiger partial charge in [0.05, 0.1) is 5.60 Å². The first-order valence-corrected chi connectivity index (χ1v) is 6.02. The third kappa shape index (κ3) is 1.89. The Morgan fingerprint density at radius 2 is 1.88 bits per heavy atom. The van der Waals surface area contributed by atoms with E-state index in [1.54, 1.807) is 0 Å².